The highest BCUT2D eigenvalue weighted by molar-refractivity contribution is 7.98. The zero-order valence-electron chi connectivity index (χ0n) is 7.71. The van der Waals surface area contributed by atoms with Crippen LogP contribution < -0.4 is 0 Å². The number of nitrogens with zero attached hydrogens (tertiary/aromatic N) is 4. The number of thioether (sulfide) groups is 1. The number of oxime groups is 1. The molecule has 1 aromatic rings. The maximum absolute atomic E-state index is 8.72. The molecular weight excluding hydrogens is 200 g/mol. The summed E-state index contributed by atoms with van der Waals surface area (Å²) in [4.78, 5) is 4.13. The lowest BCUT2D eigenvalue weighted by Gasteiger charge is -2.00. The zero-order valence-corrected chi connectivity index (χ0v) is 8.53. The van der Waals surface area contributed by atoms with Crippen LogP contribution in [-0.4, -0.2) is 32.4 Å². The van der Waals surface area contributed by atoms with Crippen molar-refractivity contribution in [3.8, 4) is 0 Å². The molecule has 0 aliphatic carbocycles. The van der Waals surface area contributed by atoms with Gasteiger partial charge in [-0.1, -0.05) is 23.0 Å². The summed E-state index contributed by atoms with van der Waals surface area (Å²) in [6, 6.07) is 0. The van der Waals surface area contributed by atoms with E-state index in [-0.39, 0.29) is 0 Å². The topological polar surface area (TPSA) is 71.3 Å². The van der Waals surface area contributed by atoms with Crippen LogP contribution in [0.25, 0.3) is 0 Å². The summed E-state index contributed by atoms with van der Waals surface area (Å²) >= 11 is 1.38. The summed E-state index contributed by atoms with van der Waals surface area (Å²) in [5, 5.41) is 19.9. The van der Waals surface area contributed by atoms with Gasteiger partial charge in [0.1, 0.15) is 11.4 Å². The van der Waals surface area contributed by atoms with Crippen LogP contribution in [-0.2, 0) is 0 Å². The second-order valence-corrected chi connectivity index (χ2v) is 3.14. The highest BCUT2D eigenvalue weighted by atomic mass is 32.2. The maximum atomic E-state index is 8.72. The largest absolute Gasteiger partial charge is 0.411 e. The van der Waals surface area contributed by atoms with Crippen LogP contribution in [0, 0.1) is 0 Å². The second kappa shape index (κ2) is 5.33. The Hall–Kier alpha value is -1.43. The molecular formula is C8H10N4OS. The highest BCUT2D eigenvalue weighted by Gasteiger charge is 2.06. The zero-order chi connectivity index (χ0) is 10.4. The molecule has 1 N–H and O–H groups in total. The van der Waals surface area contributed by atoms with E-state index in [1.165, 1.54) is 18.0 Å². The van der Waals surface area contributed by atoms with Gasteiger partial charge in [0.25, 0.3) is 0 Å². The third-order valence-corrected chi connectivity index (χ3v) is 2.01. The molecule has 0 aliphatic heterocycles. The van der Waals surface area contributed by atoms with Gasteiger partial charge in [-0.3, -0.25) is 0 Å². The summed E-state index contributed by atoms with van der Waals surface area (Å²) in [6.07, 6.45) is 5.39. The van der Waals surface area contributed by atoms with Crippen molar-refractivity contribution in [2.75, 3.05) is 6.26 Å². The molecule has 14 heavy (non-hydrogen) atoms. The van der Waals surface area contributed by atoms with Gasteiger partial charge in [-0.15, -0.1) is 11.7 Å². The first kappa shape index (κ1) is 10.6. The Bertz CT molecular complexity index is 353. The Morgan fingerprint density at radius 1 is 1.79 bits per heavy atom. The lowest BCUT2D eigenvalue weighted by atomic mass is 10.2. The number of rotatable bonds is 4. The maximum Gasteiger partial charge on any atom is 0.209 e. The van der Waals surface area contributed by atoms with Crippen molar-refractivity contribution in [2.24, 2.45) is 5.16 Å². The molecule has 1 heterocycles. The quantitative estimate of drug-likeness (QED) is 0.267. The van der Waals surface area contributed by atoms with E-state index >= 15 is 0 Å². The van der Waals surface area contributed by atoms with Crippen LogP contribution in [0.4, 0.5) is 0 Å². The van der Waals surface area contributed by atoms with Gasteiger partial charge < -0.3 is 5.21 Å². The molecule has 0 radical (unpaired) electrons. The molecule has 0 saturated carbocycles. The number of hydrogen-bond acceptors (Lipinski definition) is 6. The van der Waals surface area contributed by atoms with E-state index in [1.54, 1.807) is 6.08 Å². The van der Waals surface area contributed by atoms with Crippen molar-refractivity contribution >= 4 is 17.5 Å². The summed E-state index contributed by atoms with van der Waals surface area (Å²) in [6.45, 7) is 3.56. The molecule has 0 aliphatic rings. The average Bonchev–Trinajstić information content (AvgIpc) is 2.26. The van der Waals surface area contributed by atoms with E-state index in [1.807, 2.05) is 6.26 Å². The van der Waals surface area contributed by atoms with Crippen LogP contribution in [0.15, 0.2) is 29.2 Å². The number of allylic oxidation sites excluding steroid dienone is 1. The summed E-state index contributed by atoms with van der Waals surface area (Å²) in [7, 11) is 0. The first-order valence-corrected chi connectivity index (χ1v) is 5.10. The Kier molecular flexibility index (Phi) is 4.06. The van der Waals surface area contributed by atoms with E-state index in [0.29, 0.717) is 23.0 Å². The smallest absolute Gasteiger partial charge is 0.209 e. The first-order chi connectivity index (χ1) is 6.81. The minimum absolute atomic E-state index is 0.435. The molecule has 0 amide bonds. The van der Waals surface area contributed by atoms with E-state index < -0.39 is 0 Å². The van der Waals surface area contributed by atoms with E-state index in [9.17, 15) is 0 Å². The van der Waals surface area contributed by atoms with E-state index in [2.05, 4.69) is 26.9 Å². The minimum atomic E-state index is 0.435. The molecule has 0 saturated heterocycles. The van der Waals surface area contributed by atoms with Crippen molar-refractivity contribution < 1.29 is 5.21 Å². The van der Waals surface area contributed by atoms with Crippen LogP contribution in [0.2, 0.25) is 0 Å². The summed E-state index contributed by atoms with van der Waals surface area (Å²) in [5.74, 6) is 0. The van der Waals surface area contributed by atoms with Crippen LogP contribution in [0.5, 0.6) is 0 Å². The van der Waals surface area contributed by atoms with Crippen molar-refractivity contribution in [1.82, 2.24) is 15.2 Å². The molecule has 0 spiro atoms. The van der Waals surface area contributed by atoms with Crippen molar-refractivity contribution in [3.05, 3.63) is 24.5 Å². The standard InChI is InChI=1S/C8H10N4OS/c1-3-4-6(12-13)7-5-9-11-8(10-7)14-2/h3,5,13H,1,4H2,2H3. The molecule has 0 aromatic carbocycles. The van der Waals surface area contributed by atoms with Gasteiger partial charge in [0.05, 0.1) is 6.20 Å². The molecule has 0 fully saturated rings. The van der Waals surface area contributed by atoms with Crippen LogP contribution in [0.1, 0.15) is 12.1 Å². The van der Waals surface area contributed by atoms with Crippen molar-refractivity contribution in [1.29, 1.82) is 0 Å². The van der Waals surface area contributed by atoms with Gasteiger partial charge in [0.2, 0.25) is 5.16 Å². The molecule has 0 unspecified atom stereocenters. The Morgan fingerprint density at radius 3 is 3.14 bits per heavy atom. The van der Waals surface area contributed by atoms with E-state index in [4.69, 9.17) is 5.21 Å². The molecule has 74 valence electrons. The van der Waals surface area contributed by atoms with Crippen molar-refractivity contribution in [2.45, 2.75) is 11.6 Å². The normalized spacial score (nSPS) is 11.4. The molecule has 0 bridgehead atoms. The monoisotopic (exact) mass is 210 g/mol. The fourth-order valence-corrected chi connectivity index (χ4v) is 1.16. The second-order valence-electron chi connectivity index (χ2n) is 2.37. The summed E-state index contributed by atoms with van der Waals surface area (Å²) < 4.78 is 0. The molecule has 0 atom stereocenters. The molecule has 6 heteroatoms. The number of aromatic nitrogens is 3. The Morgan fingerprint density at radius 2 is 2.57 bits per heavy atom. The highest BCUT2D eigenvalue weighted by Crippen LogP contribution is 2.08. The van der Waals surface area contributed by atoms with Gasteiger partial charge in [0.15, 0.2) is 0 Å². The Labute approximate surface area is 86.0 Å². The average molecular weight is 210 g/mol. The van der Waals surface area contributed by atoms with Crippen LogP contribution in [0.3, 0.4) is 0 Å². The van der Waals surface area contributed by atoms with Gasteiger partial charge in [-0.05, 0) is 6.26 Å². The van der Waals surface area contributed by atoms with Gasteiger partial charge in [-0.2, -0.15) is 5.10 Å². The third kappa shape index (κ3) is 2.53. The summed E-state index contributed by atoms with van der Waals surface area (Å²) in [5.41, 5.74) is 0.956. The molecule has 1 rings (SSSR count). The van der Waals surface area contributed by atoms with Crippen molar-refractivity contribution in [3.63, 3.8) is 0 Å². The third-order valence-electron chi connectivity index (χ3n) is 1.48. The Balaban J connectivity index is 2.98. The molecule has 5 nitrogen and oxygen atoms in total. The predicted octanol–water partition coefficient (Wildman–Crippen LogP) is 1.35. The predicted molar refractivity (Wildman–Crippen MR) is 54.7 cm³/mol. The first-order valence-electron chi connectivity index (χ1n) is 3.87. The fourth-order valence-electron chi connectivity index (χ4n) is 0.846. The lowest BCUT2D eigenvalue weighted by molar-refractivity contribution is 0.318. The van der Waals surface area contributed by atoms with Gasteiger partial charge in [0, 0.05) is 6.42 Å². The van der Waals surface area contributed by atoms with Crippen LogP contribution >= 0.6 is 11.8 Å². The minimum Gasteiger partial charge on any atom is -0.411 e. The van der Waals surface area contributed by atoms with Gasteiger partial charge in [-0.25, -0.2) is 4.98 Å². The van der Waals surface area contributed by atoms with Gasteiger partial charge >= 0.3 is 0 Å². The fraction of sp³-hybridized carbons (Fsp3) is 0.250. The SMILES string of the molecule is C=CCC(=NO)c1cnnc(SC)n1. The lowest BCUT2D eigenvalue weighted by Crippen LogP contribution is -2.05. The molecule has 1 aromatic heterocycles. The number of hydrogen-bond donors (Lipinski definition) is 1. The van der Waals surface area contributed by atoms with E-state index in [0.717, 1.165) is 0 Å².